The van der Waals surface area contributed by atoms with Gasteiger partial charge >= 0.3 is 6.03 Å². The lowest BCUT2D eigenvalue weighted by atomic mass is 9.87. The number of amides is 3. The van der Waals surface area contributed by atoms with Crippen molar-refractivity contribution >= 4 is 11.9 Å². The van der Waals surface area contributed by atoms with Gasteiger partial charge in [0.15, 0.2) is 0 Å². The van der Waals surface area contributed by atoms with E-state index in [0.29, 0.717) is 0 Å². The second-order valence-electron chi connectivity index (χ2n) is 6.25. The highest BCUT2D eigenvalue weighted by molar-refractivity contribution is 5.95. The van der Waals surface area contributed by atoms with Crippen molar-refractivity contribution in [2.75, 3.05) is 13.6 Å². The third-order valence-electron chi connectivity index (χ3n) is 3.47. The Morgan fingerprint density at radius 3 is 2.33 bits per heavy atom. The van der Waals surface area contributed by atoms with Crippen molar-refractivity contribution in [1.82, 2.24) is 15.5 Å². The number of imide groups is 1. The van der Waals surface area contributed by atoms with Gasteiger partial charge in [-0.25, -0.2) is 4.79 Å². The number of carbonyl (C=O) groups is 2. The molecule has 1 fully saturated rings. The molecule has 0 saturated heterocycles. The highest BCUT2D eigenvalue weighted by atomic mass is 16.2. The third kappa shape index (κ3) is 5.04. The molecule has 0 aromatic heterocycles. The molecule has 5 heteroatoms. The van der Waals surface area contributed by atoms with Gasteiger partial charge < -0.3 is 5.32 Å². The summed E-state index contributed by atoms with van der Waals surface area (Å²) in [5.41, 5.74) is 0.102. The second kappa shape index (κ2) is 5.69. The molecule has 1 aliphatic carbocycles. The number of hydrogen-bond donors (Lipinski definition) is 2. The predicted molar refractivity (Wildman–Crippen MR) is 71.2 cm³/mol. The maximum absolute atomic E-state index is 11.7. The van der Waals surface area contributed by atoms with Crippen molar-refractivity contribution in [3.8, 4) is 0 Å². The highest BCUT2D eigenvalue weighted by Gasteiger charge is 2.26. The van der Waals surface area contributed by atoms with Gasteiger partial charge in [-0.3, -0.25) is 15.0 Å². The van der Waals surface area contributed by atoms with E-state index < -0.39 is 0 Å². The smallest absolute Gasteiger partial charge is 0.321 e. The van der Waals surface area contributed by atoms with E-state index in [1.807, 2.05) is 11.9 Å². The molecule has 1 unspecified atom stereocenters. The van der Waals surface area contributed by atoms with Gasteiger partial charge in [0.25, 0.3) is 0 Å². The molecule has 0 radical (unpaired) electrons. The number of nitrogens with zero attached hydrogens (tertiary/aromatic N) is 1. The first-order chi connectivity index (χ1) is 8.20. The largest absolute Gasteiger partial charge is 0.335 e. The highest BCUT2D eigenvalue weighted by Crippen LogP contribution is 2.22. The predicted octanol–water partition coefficient (Wildman–Crippen LogP) is 1.34. The number of rotatable bonds is 4. The van der Waals surface area contributed by atoms with Gasteiger partial charge in [-0.2, -0.15) is 0 Å². The normalized spacial score (nSPS) is 17.4. The SMILES string of the molecule is CC(N(C)CC(=O)NC(=O)NC1CC1)C(C)(C)C. The standard InChI is InChI=1S/C13H25N3O2/c1-9(13(2,3)4)16(5)8-11(17)15-12(18)14-10-6-7-10/h9-10H,6-8H2,1-5H3,(H2,14,15,17,18). The minimum Gasteiger partial charge on any atom is -0.335 e. The first kappa shape index (κ1) is 15.0. The molecule has 1 rings (SSSR count). The zero-order chi connectivity index (χ0) is 13.9. The maximum Gasteiger partial charge on any atom is 0.321 e. The Balaban J connectivity index is 2.32. The molecule has 0 spiro atoms. The van der Waals surface area contributed by atoms with Crippen molar-refractivity contribution in [3.63, 3.8) is 0 Å². The van der Waals surface area contributed by atoms with Gasteiger partial charge in [0.05, 0.1) is 6.54 Å². The molecule has 5 nitrogen and oxygen atoms in total. The number of likely N-dealkylation sites (N-methyl/N-ethyl adjacent to an activating group) is 1. The topological polar surface area (TPSA) is 61.4 Å². The van der Waals surface area contributed by atoms with Crippen LogP contribution >= 0.6 is 0 Å². The van der Waals surface area contributed by atoms with Crippen molar-refractivity contribution in [3.05, 3.63) is 0 Å². The number of nitrogens with one attached hydrogen (secondary N) is 2. The molecule has 1 atom stereocenters. The zero-order valence-electron chi connectivity index (χ0n) is 12.0. The molecular weight excluding hydrogens is 230 g/mol. The Morgan fingerprint density at radius 1 is 1.33 bits per heavy atom. The third-order valence-corrected chi connectivity index (χ3v) is 3.47. The maximum atomic E-state index is 11.7. The first-order valence-electron chi connectivity index (χ1n) is 6.50. The molecule has 2 N–H and O–H groups in total. The van der Waals surface area contributed by atoms with Gasteiger partial charge in [-0.15, -0.1) is 0 Å². The number of carbonyl (C=O) groups excluding carboxylic acids is 2. The van der Waals surface area contributed by atoms with Crippen LogP contribution < -0.4 is 10.6 Å². The molecule has 18 heavy (non-hydrogen) atoms. The summed E-state index contributed by atoms with van der Waals surface area (Å²) in [6, 6.07) is 0.151. The molecule has 104 valence electrons. The summed E-state index contributed by atoms with van der Waals surface area (Å²) in [4.78, 5) is 25.0. The molecule has 1 aliphatic rings. The first-order valence-corrected chi connectivity index (χ1v) is 6.50. The molecule has 3 amide bonds. The van der Waals surface area contributed by atoms with Gasteiger partial charge in [0, 0.05) is 12.1 Å². The molecule has 0 heterocycles. The lowest BCUT2D eigenvalue weighted by Crippen LogP contribution is -2.48. The van der Waals surface area contributed by atoms with Gasteiger partial charge in [0.2, 0.25) is 5.91 Å². The van der Waals surface area contributed by atoms with Gasteiger partial charge in [0.1, 0.15) is 0 Å². The van der Waals surface area contributed by atoms with Crippen LogP contribution in [-0.2, 0) is 4.79 Å². The summed E-state index contributed by atoms with van der Waals surface area (Å²) in [5.74, 6) is -0.258. The minimum absolute atomic E-state index is 0.102. The Labute approximate surface area is 109 Å². The zero-order valence-corrected chi connectivity index (χ0v) is 12.0. The quantitative estimate of drug-likeness (QED) is 0.797. The van der Waals surface area contributed by atoms with Crippen molar-refractivity contribution < 1.29 is 9.59 Å². The van der Waals surface area contributed by atoms with E-state index in [4.69, 9.17) is 0 Å². The summed E-state index contributed by atoms with van der Waals surface area (Å²) < 4.78 is 0. The molecular formula is C13H25N3O2. The summed E-state index contributed by atoms with van der Waals surface area (Å²) in [5, 5.41) is 5.09. The Bertz CT molecular complexity index is 319. The molecule has 0 aromatic carbocycles. The van der Waals surface area contributed by atoms with E-state index in [1.54, 1.807) is 0 Å². The van der Waals surface area contributed by atoms with Crippen LogP contribution in [0.1, 0.15) is 40.5 Å². The average molecular weight is 255 g/mol. The lowest BCUT2D eigenvalue weighted by Gasteiger charge is -2.34. The average Bonchev–Trinajstić information content (AvgIpc) is 2.98. The molecule has 0 bridgehead atoms. The Kier molecular flexibility index (Phi) is 4.73. The van der Waals surface area contributed by atoms with Crippen LogP contribution in [0, 0.1) is 5.41 Å². The summed E-state index contributed by atoms with van der Waals surface area (Å²) in [6.07, 6.45) is 2.03. The van der Waals surface area contributed by atoms with E-state index in [0.717, 1.165) is 12.8 Å². The fraction of sp³-hybridized carbons (Fsp3) is 0.846. The summed E-state index contributed by atoms with van der Waals surface area (Å²) >= 11 is 0. The number of hydrogen-bond acceptors (Lipinski definition) is 3. The van der Waals surface area contributed by atoms with E-state index in [1.165, 1.54) is 0 Å². The lowest BCUT2D eigenvalue weighted by molar-refractivity contribution is -0.121. The summed E-state index contributed by atoms with van der Waals surface area (Å²) in [7, 11) is 1.90. The molecule has 0 aliphatic heterocycles. The van der Waals surface area contributed by atoms with Crippen LogP contribution in [0.15, 0.2) is 0 Å². The van der Waals surface area contributed by atoms with Crippen LogP contribution in [0.4, 0.5) is 4.79 Å². The molecule has 1 saturated carbocycles. The van der Waals surface area contributed by atoms with Crippen molar-refractivity contribution in [2.24, 2.45) is 5.41 Å². The van der Waals surface area contributed by atoms with Crippen LogP contribution in [0.2, 0.25) is 0 Å². The second-order valence-corrected chi connectivity index (χ2v) is 6.25. The minimum atomic E-state index is -0.376. The number of urea groups is 1. The van der Waals surface area contributed by atoms with Gasteiger partial charge in [-0.1, -0.05) is 20.8 Å². The van der Waals surface area contributed by atoms with Crippen LogP contribution in [-0.4, -0.2) is 42.5 Å². The van der Waals surface area contributed by atoms with Crippen LogP contribution in [0.5, 0.6) is 0 Å². The fourth-order valence-electron chi connectivity index (χ4n) is 1.64. The van der Waals surface area contributed by atoms with E-state index in [-0.39, 0.29) is 36.0 Å². The van der Waals surface area contributed by atoms with Crippen LogP contribution in [0.25, 0.3) is 0 Å². The van der Waals surface area contributed by atoms with Crippen LogP contribution in [0.3, 0.4) is 0 Å². The van der Waals surface area contributed by atoms with E-state index in [2.05, 4.69) is 38.3 Å². The van der Waals surface area contributed by atoms with Crippen molar-refractivity contribution in [1.29, 1.82) is 0 Å². The van der Waals surface area contributed by atoms with E-state index >= 15 is 0 Å². The van der Waals surface area contributed by atoms with Gasteiger partial charge in [-0.05, 0) is 32.2 Å². The van der Waals surface area contributed by atoms with Crippen molar-refractivity contribution in [2.45, 2.75) is 52.6 Å². The summed E-state index contributed by atoms with van der Waals surface area (Å²) in [6.45, 7) is 8.71. The Hall–Kier alpha value is -1.10. The fourth-order valence-corrected chi connectivity index (χ4v) is 1.64. The monoisotopic (exact) mass is 255 g/mol. The molecule has 0 aromatic rings. The Morgan fingerprint density at radius 2 is 1.89 bits per heavy atom. The van der Waals surface area contributed by atoms with E-state index in [9.17, 15) is 9.59 Å².